The number of aryl methyl sites for hydroxylation is 2. The summed E-state index contributed by atoms with van der Waals surface area (Å²) >= 11 is 0. The van der Waals surface area contributed by atoms with E-state index >= 15 is 0 Å². The van der Waals surface area contributed by atoms with E-state index in [1.807, 2.05) is 31.2 Å². The molecule has 0 spiro atoms. The first kappa shape index (κ1) is 13.0. The van der Waals surface area contributed by atoms with Crippen molar-refractivity contribution in [2.24, 2.45) is 0 Å². The zero-order valence-corrected chi connectivity index (χ0v) is 10.8. The van der Waals surface area contributed by atoms with Crippen molar-refractivity contribution in [2.75, 3.05) is 0 Å². The summed E-state index contributed by atoms with van der Waals surface area (Å²) in [4.78, 5) is 22.2. The van der Waals surface area contributed by atoms with E-state index in [2.05, 4.69) is 0 Å². The molecule has 0 unspecified atom stereocenters. The first-order valence-corrected chi connectivity index (χ1v) is 5.90. The maximum absolute atomic E-state index is 12.1. The van der Waals surface area contributed by atoms with E-state index in [9.17, 15) is 14.9 Å². The number of pyridine rings is 1. The van der Waals surface area contributed by atoms with Crippen molar-refractivity contribution in [3.05, 3.63) is 73.7 Å². The standard InChI is InChI=1S/C14H14N2O3/c1-10-5-3-4-6-12(10)9-15-11(2)7-8-13(14(15)17)16(18)19/h3-8H,9H2,1-2H3. The maximum Gasteiger partial charge on any atom is 0.334 e. The van der Waals surface area contributed by atoms with E-state index in [-0.39, 0.29) is 5.69 Å². The van der Waals surface area contributed by atoms with Gasteiger partial charge in [0.25, 0.3) is 0 Å². The molecule has 19 heavy (non-hydrogen) atoms. The van der Waals surface area contributed by atoms with Crippen LogP contribution < -0.4 is 5.56 Å². The lowest BCUT2D eigenvalue weighted by molar-refractivity contribution is -0.386. The average molecular weight is 258 g/mol. The van der Waals surface area contributed by atoms with Gasteiger partial charge in [0.1, 0.15) is 0 Å². The van der Waals surface area contributed by atoms with Crippen molar-refractivity contribution < 1.29 is 4.92 Å². The van der Waals surface area contributed by atoms with Crippen molar-refractivity contribution in [3.63, 3.8) is 0 Å². The lowest BCUT2D eigenvalue weighted by Crippen LogP contribution is -2.25. The molecule has 5 nitrogen and oxygen atoms in total. The van der Waals surface area contributed by atoms with Gasteiger partial charge in [-0.3, -0.25) is 14.9 Å². The highest BCUT2D eigenvalue weighted by Crippen LogP contribution is 2.11. The zero-order chi connectivity index (χ0) is 14.0. The van der Waals surface area contributed by atoms with Gasteiger partial charge in [-0.2, -0.15) is 0 Å². The first-order valence-electron chi connectivity index (χ1n) is 5.90. The minimum atomic E-state index is -0.643. The minimum absolute atomic E-state index is 0.346. The fraction of sp³-hybridized carbons (Fsp3) is 0.214. The fourth-order valence-electron chi connectivity index (χ4n) is 1.95. The molecule has 0 aliphatic rings. The van der Waals surface area contributed by atoms with Crippen LogP contribution in [0.2, 0.25) is 0 Å². The topological polar surface area (TPSA) is 65.1 Å². The van der Waals surface area contributed by atoms with Crippen molar-refractivity contribution in [1.82, 2.24) is 4.57 Å². The minimum Gasteiger partial charge on any atom is -0.303 e. The molecule has 5 heteroatoms. The second-order valence-electron chi connectivity index (χ2n) is 4.43. The summed E-state index contributed by atoms with van der Waals surface area (Å²) in [5.41, 5.74) is 1.79. The van der Waals surface area contributed by atoms with Crippen LogP contribution in [0.5, 0.6) is 0 Å². The highest BCUT2D eigenvalue weighted by atomic mass is 16.6. The quantitative estimate of drug-likeness (QED) is 0.627. The summed E-state index contributed by atoms with van der Waals surface area (Å²) < 4.78 is 1.43. The molecule has 0 atom stereocenters. The third-order valence-corrected chi connectivity index (χ3v) is 3.16. The van der Waals surface area contributed by atoms with Gasteiger partial charge in [-0.05, 0) is 31.0 Å². The van der Waals surface area contributed by atoms with E-state index in [0.717, 1.165) is 11.1 Å². The van der Waals surface area contributed by atoms with Gasteiger partial charge < -0.3 is 4.57 Å². The molecule has 0 saturated heterocycles. The summed E-state index contributed by atoms with van der Waals surface area (Å²) in [6, 6.07) is 10.5. The largest absolute Gasteiger partial charge is 0.334 e. The van der Waals surface area contributed by atoms with Crippen LogP contribution in [-0.2, 0) is 6.54 Å². The Bertz CT molecular complexity index is 689. The number of rotatable bonds is 3. The third-order valence-electron chi connectivity index (χ3n) is 3.16. The molecule has 0 N–H and O–H groups in total. The molecule has 0 fully saturated rings. The monoisotopic (exact) mass is 258 g/mol. The molecule has 0 saturated carbocycles. The van der Waals surface area contributed by atoms with Gasteiger partial charge in [-0.25, -0.2) is 0 Å². The Morgan fingerprint density at radius 3 is 2.47 bits per heavy atom. The Hall–Kier alpha value is -2.43. The lowest BCUT2D eigenvalue weighted by Gasteiger charge is -2.11. The van der Waals surface area contributed by atoms with Gasteiger partial charge in [0.15, 0.2) is 0 Å². The highest BCUT2D eigenvalue weighted by Gasteiger charge is 2.15. The Balaban J connectivity index is 2.52. The summed E-state index contributed by atoms with van der Waals surface area (Å²) in [5.74, 6) is 0. The van der Waals surface area contributed by atoms with Gasteiger partial charge in [-0.15, -0.1) is 0 Å². The molecule has 0 amide bonds. The van der Waals surface area contributed by atoms with Crippen LogP contribution in [0.15, 0.2) is 41.2 Å². The van der Waals surface area contributed by atoms with E-state index < -0.39 is 10.5 Å². The van der Waals surface area contributed by atoms with Crippen LogP contribution in [-0.4, -0.2) is 9.49 Å². The van der Waals surface area contributed by atoms with Crippen molar-refractivity contribution in [2.45, 2.75) is 20.4 Å². The number of benzene rings is 1. The SMILES string of the molecule is Cc1ccccc1Cn1c(C)ccc([N+](=O)[O-])c1=O. The van der Waals surface area contributed by atoms with Crippen LogP contribution in [0.1, 0.15) is 16.8 Å². The van der Waals surface area contributed by atoms with Crippen LogP contribution in [0.3, 0.4) is 0 Å². The Morgan fingerprint density at radius 2 is 1.84 bits per heavy atom. The molecule has 0 bridgehead atoms. The van der Waals surface area contributed by atoms with Crippen LogP contribution in [0, 0.1) is 24.0 Å². The number of nitrogens with zero attached hydrogens (tertiary/aromatic N) is 2. The predicted octanol–water partition coefficient (Wildman–Crippen LogP) is 2.42. The first-order chi connectivity index (χ1) is 9.00. The van der Waals surface area contributed by atoms with Gasteiger partial charge in [0.2, 0.25) is 0 Å². The number of hydrogen-bond donors (Lipinski definition) is 0. The van der Waals surface area contributed by atoms with E-state index in [1.54, 1.807) is 13.0 Å². The molecule has 1 aromatic carbocycles. The summed E-state index contributed by atoms with van der Waals surface area (Å²) in [6.07, 6.45) is 0. The molecule has 0 radical (unpaired) electrons. The molecular weight excluding hydrogens is 244 g/mol. The Kier molecular flexibility index (Phi) is 3.46. The van der Waals surface area contributed by atoms with E-state index in [1.165, 1.54) is 10.6 Å². The van der Waals surface area contributed by atoms with Crippen LogP contribution in [0.4, 0.5) is 5.69 Å². The van der Waals surface area contributed by atoms with Crippen molar-refractivity contribution in [1.29, 1.82) is 0 Å². The van der Waals surface area contributed by atoms with Gasteiger partial charge in [0.05, 0.1) is 11.5 Å². The molecule has 2 rings (SSSR count). The maximum atomic E-state index is 12.1. The van der Waals surface area contributed by atoms with Crippen molar-refractivity contribution >= 4 is 5.69 Å². The number of nitro groups is 1. The lowest BCUT2D eigenvalue weighted by atomic mass is 10.1. The average Bonchev–Trinajstić information content (AvgIpc) is 2.36. The van der Waals surface area contributed by atoms with Crippen molar-refractivity contribution in [3.8, 4) is 0 Å². The summed E-state index contributed by atoms with van der Waals surface area (Å²) in [7, 11) is 0. The molecule has 98 valence electrons. The molecule has 0 aliphatic heterocycles. The molecular formula is C14H14N2O3. The number of hydrogen-bond acceptors (Lipinski definition) is 3. The summed E-state index contributed by atoms with van der Waals surface area (Å²) in [5, 5.41) is 10.8. The van der Waals surface area contributed by atoms with Gasteiger partial charge in [-0.1, -0.05) is 24.3 Å². The summed E-state index contributed by atoms with van der Waals surface area (Å²) in [6.45, 7) is 4.06. The third kappa shape index (κ3) is 2.54. The van der Waals surface area contributed by atoms with Gasteiger partial charge in [0, 0.05) is 11.8 Å². The zero-order valence-electron chi connectivity index (χ0n) is 10.8. The second kappa shape index (κ2) is 5.06. The van der Waals surface area contributed by atoms with E-state index in [4.69, 9.17) is 0 Å². The molecule has 2 aromatic rings. The molecule has 1 aromatic heterocycles. The Labute approximate surface area is 110 Å². The molecule has 0 aliphatic carbocycles. The highest BCUT2D eigenvalue weighted by molar-refractivity contribution is 5.31. The van der Waals surface area contributed by atoms with Crippen LogP contribution in [0.25, 0.3) is 0 Å². The Morgan fingerprint density at radius 1 is 1.16 bits per heavy atom. The predicted molar refractivity (Wildman–Crippen MR) is 72.4 cm³/mol. The fourth-order valence-corrected chi connectivity index (χ4v) is 1.95. The normalized spacial score (nSPS) is 10.4. The second-order valence-corrected chi connectivity index (χ2v) is 4.43. The van der Waals surface area contributed by atoms with E-state index in [0.29, 0.717) is 12.2 Å². The smallest absolute Gasteiger partial charge is 0.303 e. The molecule has 1 heterocycles. The van der Waals surface area contributed by atoms with Crippen LogP contribution >= 0.6 is 0 Å². The number of aromatic nitrogens is 1. The van der Waals surface area contributed by atoms with Gasteiger partial charge >= 0.3 is 11.2 Å².